The van der Waals surface area contributed by atoms with Crippen LogP contribution in [0.2, 0.25) is 0 Å². The summed E-state index contributed by atoms with van der Waals surface area (Å²) in [6, 6.07) is 0. The molecule has 0 fully saturated rings. The minimum Gasteiger partial charge on any atom is -0.183 e. The van der Waals surface area contributed by atoms with Crippen LogP contribution in [0.25, 0.3) is 0 Å². The van der Waals surface area contributed by atoms with Gasteiger partial charge in [0.1, 0.15) is 0 Å². The largest absolute Gasteiger partial charge is 0.423 e. The molecule has 1 rings (SSSR count). The van der Waals surface area contributed by atoms with Crippen LogP contribution < -0.4 is 0 Å². The van der Waals surface area contributed by atoms with Crippen molar-refractivity contribution in [2.45, 2.75) is 12.6 Å². The Bertz CT molecular complexity index is 459. The van der Waals surface area contributed by atoms with Crippen LogP contribution in [0.5, 0.6) is 0 Å². The molecule has 1 aliphatic heterocycles. The van der Waals surface area contributed by atoms with Crippen LogP contribution >= 0.6 is 23.2 Å². The van der Waals surface area contributed by atoms with E-state index in [0.717, 1.165) is 0 Å². The number of rotatable bonds is 2. The molecule has 14 heteroatoms. The molecule has 1 heterocycles. The Balaban J connectivity index is 3.10. The van der Waals surface area contributed by atoms with Gasteiger partial charge in [0.25, 0.3) is 7.52 Å². The summed E-state index contributed by atoms with van der Waals surface area (Å²) in [5.41, 5.74) is 0. The van der Waals surface area contributed by atoms with Gasteiger partial charge in [-0.1, -0.05) is 0 Å². The molecule has 0 aromatic carbocycles. The van der Waals surface area contributed by atoms with Crippen molar-refractivity contribution in [2.24, 2.45) is 13.5 Å². The monoisotopic (exact) mass is 327 g/mol. The van der Waals surface area contributed by atoms with E-state index < -0.39 is 41.9 Å². The van der Waals surface area contributed by atoms with Gasteiger partial charge in [-0.2, -0.15) is 26.4 Å². The lowest BCUT2D eigenvalue weighted by Crippen LogP contribution is -2.08. The normalized spacial score (nSPS) is 31.1. The second-order valence-electron chi connectivity index (χ2n) is 2.91. The Labute approximate surface area is 90.5 Å². The standard InChI is InChI=1S/C3H4F8N3P3/c4-3(5,6)1-2-15(7)12-16(8,9)14-17(10,11)13-15/h1-2H2. The van der Waals surface area contributed by atoms with Crippen molar-refractivity contribution in [2.75, 3.05) is 6.16 Å². The van der Waals surface area contributed by atoms with Gasteiger partial charge in [0.2, 0.25) is 0 Å². The highest BCUT2D eigenvalue weighted by Gasteiger charge is 2.41. The minimum atomic E-state index is -5.90. The summed E-state index contributed by atoms with van der Waals surface area (Å²) in [6.45, 7) is 0. The molecule has 0 aliphatic carbocycles. The molecule has 0 N–H and O–H groups in total. The van der Waals surface area contributed by atoms with Crippen molar-refractivity contribution in [3.05, 3.63) is 0 Å². The maximum Gasteiger partial charge on any atom is 0.423 e. The molecule has 0 saturated heterocycles. The van der Waals surface area contributed by atoms with Gasteiger partial charge in [-0.25, -0.2) is 0 Å². The van der Waals surface area contributed by atoms with E-state index >= 15 is 0 Å². The summed E-state index contributed by atoms with van der Waals surface area (Å²) in [4.78, 5) is 0. The van der Waals surface area contributed by atoms with E-state index in [4.69, 9.17) is 0 Å². The molecule has 17 heavy (non-hydrogen) atoms. The van der Waals surface area contributed by atoms with Gasteiger partial charge in [0, 0.05) is 6.16 Å². The molecule has 1 unspecified atom stereocenters. The smallest absolute Gasteiger partial charge is 0.183 e. The molecule has 0 aromatic heterocycles. The highest BCUT2D eigenvalue weighted by Crippen LogP contribution is 2.81. The molecule has 0 bridgehead atoms. The summed E-state index contributed by atoms with van der Waals surface area (Å²) in [5.74, 6) is 0. The average Bonchev–Trinajstić information content (AvgIpc) is 1.92. The van der Waals surface area contributed by atoms with Crippen molar-refractivity contribution in [3.63, 3.8) is 0 Å². The Morgan fingerprint density at radius 1 is 0.765 bits per heavy atom. The lowest BCUT2D eigenvalue weighted by atomic mass is 10.5. The summed E-state index contributed by atoms with van der Waals surface area (Å²) >= 11 is 0. The number of alkyl halides is 3. The van der Waals surface area contributed by atoms with Crippen LogP contribution in [0.1, 0.15) is 6.42 Å². The lowest BCUT2D eigenvalue weighted by molar-refractivity contribution is -0.130. The number of halogens is 8. The first kappa shape index (κ1) is 15.2. The van der Waals surface area contributed by atoms with Crippen molar-refractivity contribution in [3.8, 4) is 0 Å². The molecular formula is C3H4F8N3P3. The van der Waals surface area contributed by atoms with Gasteiger partial charge in [-0.15, -0.1) is 21.3 Å². The third kappa shape index (κ3) is 5.10. The Morgan fingerprint density at radius 3 is 1.65 bits per heavy atom. The van der Waals surface area contributed by atoms with E-state index in [0.29, 0.717) is 0 Å². The predicted octanol–water partition coefficient (Wildman–Crippen LogP) is 6.72. The molecule has 0 saturated carbocycles. The topological polar surface area (TPSA) is 37.1 Å². The molecule has 0 radical (unpaired) electrons. The molecule has 1 aliphatic rings. The Morgan fingerprint density at radius 2 is 1.24 bits per heavy atom. The maximum atomic E-state index is 13.4. The van der Waals surface area contributed by atoms with Crippen LogP contribution in [-0.4, -0.2) is 12.3 Å². The third-order valence-corrected chi connectivity index (χ3v) is 7.81. The summed E-state index contributed by atoms with van der Waals surface area (Å²) < 4.78 is 105. The van der Waals surface area contributed by atoms with Gasteiger partial charge in [0.15, 0.2) is 0 Å². The fourth-order valence-corrected chi connectivity index (χ4v) is 7.19. The highest BCUT2D eigenvalue weighted by atomic mass is 31.3. The predicted molar refractivity (Wildman–Crippen MR) is 49.1 cm³/mol. The first-order valence-corrected chi connectivity index (χ1v) is 8.50. The molecular weight excluding hydrogens is 323 g/mol. The zero-order valence-electron chi connectivity index (χ0n) is 7.62. The van der Waals surface area contributed by atoms with Crippen molar-refractivity contribution in [1.82, 2.24) is 0 Å². The van der Waals surface area contributed by atoms with Crippen molar-refractivity contribution >= 4 is 23.2 Å². The summed E-state index contributed by atoms with van der Waals surface area (Å²) in [7, 11) is -17.0. The van der Waals surface area contributed by atoms with Gasteiger partial charge in [-0.05, 0) is 0 Å². The maximum absolute atomic E-state index is 13.4. The van der Waals surface area contributed by atoms with E-state index in [1.807, 2.05) is 0 Å². The quantitative estimate of drug-likeness (QED) is 0.399. The minimum absolute atomic E-state index is 1.59. The van der Waals surface area contributed by atoms with Crippen LogP contribution in [0.15, 0.2) is 13.5 Å². The van der Waals surface area contributed by atoms with Gasteiger partial charge in [0.05, 0.1) is 6.42 Å². The van der Waals surface area contributed by atoms with E-state index in [-0.39, 0.29) is 0 Å². The fraction of sp³-hybridized carbons (Fsp3) is 1.00. The van der Waals surface area contributed by atoms with Gasteiger partial charge in [-0.3, -0.25) is 0 Å². The second kappa shape index (κ2) is 4.35. The van der Waals surface area contributed by atoms with Crippen LogP contribution in [0, 0.1) is 0 Å². The first-order valence-electron chi connectivity index (χ1n) is 3.78. The molecule has 3 nitrogen and oxygen atoms in total. The zero-order chi connectivity index (χ0) is 13.5. The average molecular weight is 327 g/mol. The molecule has 0 aromatic rings. The Hall–Kier alpha value is 0.130. The molecule has 0 amide bonds. The zero-order valence-corrected chi connectivity index (χ0v) is 10.3. The second-order valence-corrected chi connectivity index (χ2v) is 8.61. The summed E-state index contributed by atoms with van der Waals surface area (Å²) in [5, 5.41) is 0. The molecule has 102 valence electrons. The highest BCUT2D eigenvalue weighted by molar-refractivity contribution is 7.79. The van der Waals surface area contributed by atoms with E-state index in [2.05, 4.69) is 9.03 Å². The molecule has 1 atom stereocenters. The van der Waals surface area contributed by atoms with E-state index in [9.17, 15) is 34.2 Å². The van der Waals surface area contributed by atoms with Crippen molar-refractivity contribution in [1.29, 1.82) is 0 Å². The summed E-state index contributed by atoms with van der Waals surface area (Å²) in [6.07, 6.45) is -8.26. The van der Waals surface area contributed by atoms with Crippen LogP contribution in [-0.2, 0) is 0 Å². The van der Waals surface area contributed by atoms with Crippen molar-refractivity contribution < 1.29 is 34.2 Å². The SMILES string of the molecule is FC(F)(F)CCP1(F)=NP(F)(F)=NP(F)(F)=N1. The Kier molecular flexibility index (Phi) is 3.89. The third-order valence-electron chi connectivity index (χ3n) is 1.38. The van der Waals surface area contributed by atoms with E-state index in [1.54, 1.807) is 4.52 Å². The fourth-order valence-electron chi connectivity index (χ4n) is 0.871. The first-order chi connectivity index (χ1) is 7.33. The van der Waals surface area contributed by atoms with Gasteiger partial charge >= 0.3 is 21.8 Å². The van der Waals surface area contributed by atoms with E-state index in [1.165, 1.54) is 0 Å². The molecule has 0 spiro atoms. The van der Waals surface area contributed by atoms with Crippen LogP contribution in [0.3, 0.4) is 0 Å². The number of nitrogens with zero attached hydrogens (tertiary/aromatic N) is 3. The number of hydrogen-bond acceptors (Lipinski definition) is 3. The van der Waals surface area contributed by atoms with Crippen LogP contribution in [0.4, 0.5) is 34.2 Å². The van der Waals surface area contributed by atoms with Gasteiger partial charge < -0.3 is 0 Å². The number of hydrogen-bond donors (Lipinski definition) is 0. The lowest BCUT2D eigenvalue weighted by Gasteiger charge is -2.17.